The minimum atomic E-state index is -0.168. The lowest BCUT2D eigenvalue weighted by Crippen LogP contribution is -2.50. The summed E-state index contributed by atoms with van der Waals surface area (Å²) in [6.07, 6.45) is 0. The van der Waals surface area contributed by atoms with E-state index in [1.807, 2.05) is 19.9 Å². The number of piperazine rings is 1. The Hall–Kier alpha value is -1.13. The Morgan fingerprint density at radius 1 is 1.37 bits per heavy atom. The fraction of sp³-hybridized carbons (Fsp3) is 0.600. The second kappa shape index (κ2) is 5.47. The van der Waals surface area contributed by atoms with E-state index in [2.05, 4.69) is 23.8 Å². The van der Waals surface area contributed by atoms with E-state index in [9.17, 15) is 4.39 Å². The highest BCUT2D eigenvalue weighted by molar-refractivity contribution is 5.57. The number of rotatable bonds is 2. The molecule has 19 heavy (non-hydrogen) atoms. The van der Waals surface area contributed by atoms with Crippen molar-refractivity contribution < 1.29 is 4.39 Å². The maximum Gasteiger partial charge on any atom is 0.126 e. The van der Waals surface area contributed by atoms with Crippen molar-refractivity contribution in [1.29, 1.82) is 0 Å². The molecule has 3 nitrogen and oxygen atoms in total. The van der Waals surface area contributed by atoms with Gasteiger partial charge in [0.25, 0.3) is 0 Å². The molecule has 1 unspecified atom stereocenters. The second-order valence-corrected chi connectivity index (χ2v) is 5.72. The fourth-order valence-electron chi connectivity index (χ4n) is 2.59. The first-order chi connectivity index (χ1) is 8.90. The zero-order valence-electron chi connectivity index (χ0n) is 12.3. The third-order valence-corrected chi connectivity index (χ3v) is 4.10. The van der Waals surface area contributed by atoms with E-state index in [4.69, 9.17) is 5.73 Å². The van der Waals surface area contributed by atoms with Crippen LogP contribution in [0.5, 0.6) is 0 Å². The van der Waals surface area contributed by atoms with Gasteiger partial charge in [-0.3, -0.25) is 0 Å². The van der Waals surface area contributed by atoms with Gasteiger partial charge in [-0.2, -0.15) is 0 Å². The van der Waals surface area contributed by atoms with Crippen LogP contribution < -0.4 is 10.6 Å². The topological polar surface area (TPSA) is 32.5 Å². The number of benzene rings is 1. The predicted octanol–water partition coefficient (Wildman–Crippen LogP) is 2.29. The molecule has 0 spiro atoms. The molecule has 0 aliphatic carbocycles. The lowest BCUT2D eigenvalue weighted by molar-refractivity contribution is 0.234. The largest absolute Gasteiger partial charge is 0.368 e. The van der Waals surface area contributed by atoms with Crippen molar-refractivity contribution in [2.24, 2.45) is 5.73 Å². The normalized spacial score (nSPS) is 22.6. The van der Waals surface area contributed by atoms with Crippen molar-refractivity contribution >= 4 is 5.69 Å². The molecule has 106 valence electrons. The first kappa shape index (κ1) is 14.3. The van der Waals surface area contributed by atoms with Crippen LogP contribution in [0.25, 0.3) is 0 Å². The van der Waals surface area contributed by atoms with Crippen molar-refractivity contribution in [2.75, 3.05) is 31.6 Å². The highest BCUT2D eigenvalue weighted by atomic mass is 19.1. The summed E-state index contributed by atoms with van der Waals surface area (Å²) >= 11 is 0. The SMILES string of the molecule is Cc1cc(N2CCN(C)C(C)C2)c([C@@H](C)N)cc1F. The Labute approximate surface area is 115 Å². The number of hydrogen-bond donors (Lipinski definition) is 1. The molecule has 0 amide bonds. The second-order valence-electron chi connectivity index (χ2n) is 5.72. The lowest BCUT2D eigenvalue weighted by atomic mass is 10.0. The van der Waals surface area contributed by atoms with Gasteiger partial charge < -0.3 is 15.5 Å². The summed E-state index contributed by atoms with van der Waals surface area (Å²) in [5.74, 6) is -0.168. The Kier molecular flexibility index (Phi) is 4.11. The predicted molar refractivity (Wildman–Crippen MR) is 78.0 cm³/mol. The number of hydrogen-bond acceptors (Lipinski definition) is 3. The highest BCUT2D eigenvalue weighted by Crippen LogP contribution is 2.29. The molecule has 1 aliphatic heterocycles. The average Bonchev–Trinajstić information content (AvgIpc) is 2.35. The number of aryl methyl sites for hydroxylation is 1. The molecule has 4 heteroatoms. The van der Waals surface area contributed by atoms with Crippen LogP contribution in [0.15, 0.2) is 12.1 Å². The molecular weight excluding hydrogens is 241 g/mol. The van der Waals surface area contributed by atoms with E-state index < -0.39 is 0 Å². The number of halogens is 1. The average molecular weight is 265 g/mol. The summed E-state index contributed by atoms with van der Waals surface area (Å²) in [4.78, 5) is 4.67. The van der Waals surface area contributed by atoms with E-state index >= 15 is 0 Å². The van der Waals surface area contributed by atoms with Crippen molar-refractivity contribution in [2.45, 2.75) is 32.9 Å². The monoisotopic (exact) mass is 265 g/mol. The van der Waals surface area contributed by atoms with Gasteiger partial charge in [0.2, 0.25) is 0 Å². The van der Waals surface area contributed by atoms with Crippen molar-refractivity contribution in [3.8, 4) is 0 Å². The maximum absolute atomic E-state index is 13.7. The van der Waals surface area contributed by atoms with Gasteiger partial charge in [-0.05, 0) is 51.1 Å². The summed E-state index contributed by atoms with van der Waals surface area (Å²) in [6.45, 7) is 8.88. The standard InChI is InChI=1S/C15H24FN3/c1-10-7-15(13(12(3)17)8-14(10)16)19-6-5-18(4)11(2)9-19/h7-8,11-12H,5-6,9,17H2,1-4H3/t11?,12-/m1/s1. The zero-order chi connectivity index (χ0) is 14.2. The van der Waals surface area contributed by atoms with E-state index in [0.29, 0.717) is 11.6 Å². The molecule has 2 N–H and O–H groups in total. The zero-order valence-corrected chi connectivity index (χ0v) is 12.3. The molecular formula is C15H24FN3. The molecule has 0 bridgehead atoms. The smallest absolute Gasteiger partial charge is 0.126 e. The van der Waals surface area contributed by atoms with Crippen LogP contribution in [-0.2, 0) is 0 Å². The molecule has 1 aromatic rings. The summed E-state index contributed by atoms with van der Waals surface area (Å²) in [6, 6.07) is 3.88. The Morgan fingerprint density at radius 2 is 2.05 bits per heavy atom. The summed E-state index contributed by atoms with van der Waals surface area (Å²) in [5, 5.41) is 0. The third-order valence-electron chi connectivity index (χ3n) is 4.10. The lowest BCUT2D eigenvalue weighted by Gasteiger charge is -2.40. The number of anilines is 1. The van der Waals surface area contributed by atoms with Crippen LogP contribution in [0.2, 0.25) is 0 Å². The van der Waals surface area contributed by atoms with Gasteiger partial charge >= 0.3 is 0 Å². The number of nitrogens with two attached hydrogens (primary N) is 1. The van der Waals surface area contributed by atoms with Gasteiger partial charge in [0.1, 0.15) is 5.82 Å². The molecule has 0 radical (unpaired) electrons. The molecule has 2 rings (SSSR count). The number of nitrogens with zero attached hydrogens (tertiary/aromatic N) is 2. The van der Waals surface area contributed by atoms with Gasteiger partial charge in [-0.15, -0.1) is 0 Å². The molecule has 2 atom stereocenters. The van der Waals surface area contributed by atoms with Gasteiger partial charge in [-0.25, -0.2) is 4.39 Å². The van der Waals surface area contributed by atoms with Gasteiger partial charge in [0.05, 0.1) is 0 Å². The van der Waals surface area contributed by atoms with E-state index in [-0.39, 0.29) is 11.9 Å². The molecule has 1 aromatic carbocycles. The first-order valence-corrected chi connectivity index (χ1v) is 6.91. The molecule has 0 aromatic heterocycles. The van der Waals surface area contributed by atoms with Gasteiger partial charge in [0.15, 0.2) is 0 Å². The van der Waals surface area contributed by atoms with Gasteiger partial charge in [-0.1, -0.05) is 0 Å². The maximum atomic E-state index is 13.7. The van der Waals surface area contributed by atoms with Crippen LogP contribution in [0, 0.1) is 12.7 Å². The van der Waals surface area contributed by atoms with Gasteiger partial charge in [0, 0.05) is 37.4 Å². The Morgan fingerprint density at radius 3 is 2.63 bits per heavy atom. The molecule has 1 saturated heterocycles. The Balaban J connectivity index is 2.35. The molecule has 1 fully saturated rings. The minimum absolute atomic E-state index is 0.153. The minimum Gasteiger partial charge on any atom is -0.368 e. The van der Waals surface area contributed by atoms with Crippen LogP contribution in [0.1, 0.15) is 31.0 Å². The highest BCUT2D eigenvalue weighted by Gasteiger charge is 2.24. The van der Waals surface area contributed by atoms with E-state index in [1.165, 1.54) is 0 Å². The van der Waals surface area contributed by atoms with Crippen LogP contribution >= 0.6 is 0 Å². The molecule has 0 saturated carbocycles. The quantitative estimate of drug-likeness (QED) is 0.890. The van der Waals surface area contributed by atoms with Crippen molar-refractivity contribution in [1.82, 2.24) is 4.90 Å². The summed E-state index contributed by atoms with van der Waals surface area (Å²) in [5.41, 5.74) is 8.68. The van der Waals surface area contributed by atoms with Crippen LogP contribution in [0.4, 0.5) is 10.1 Å². The van der Waals surface area contributed by atoms with Crippen LogP contribution in [-0.4, -0.2) is 37.6 Å². The Bertz CT molecular complexity index is 459. The molecule has 1 heterocycles. The third kappa shape index (κ3) is 2.90. The molecule has 1 aliphatic rings. The fourth-order valence-corrected chi connectivity index (χ4v) is 2.59. The first-order valence-electron chi connectivity index (χ1n) is 6.91. The van der Waals surface area contributed by atoms with Crippen molar-refractivity contribution in [3.05, 3.63) is 29.1 Å². The summed E-state index contributed by atoms with van der Waals surface area (Å²) < 4.78 is 13.7. The van der Waals surface area contributed by atoms with E-state index in [0.717, 1.165) is 30.9 Å². The summed E-state index contributed by atoms with van der Waals surface area (Å²) in [7, 11) is 2.14. The number of likely N-dealkylation sites (N-methyl/N-ethyl adjacent to an activating group) is 1. The van der Waals surface area contributed by atoms with Crippen molar-refractivity contribution in [3.63, 3.8) is 0 Å². The van der Waals surface area contributed by atoms with Crippen LogP contribution in [0.3, 0.4) is 0 Å². The van der Waals surface area contributed by atoms with E-state index in [1.54, 1.807) is 6.07 Å².